The van der Waals surface area contributed by atoms with Gasteiger partial charge in [-0.25, -0.2) is 4.98 Å². The second-order valence-electron chi connectivity index (χ2n) is 4.27. The van der Waals surface area contributed by atoms with Crippen molar-refractivity contribution in [1.29, 1.82) is 0 Å². The molecule has 0 atom stereocenters. The van der Waals surface area contributed by atoms with Gasteiger partial charge in [-0.15, -0.1) is 0 Å². The van der Waals surface area contributed by atoms with Crippen LogP contribution in [0.3, 0.4) is 0 Å². The number of aromatic nitrogens is 1. The molecule has 0 radical (unpaired) electrons. The lowest BCUT2D eigenvalue weighted by Crippen LogP contribution is -2.45. The lowest BCUT2D eigenvalue weighted by molar-refractivity contribution is 0.1000. The molecule has 5 heteroatoms. The first-order valence-electron chi connectivity index (χ1n) is 4.99. The molecule has 0 aromatic carbocycles. The Morgan fingerprint density at radius 3 is 2.75 bits per heavy atom. The molecule has 5 nitrogen and oxygen atoms in total. The number of amides is 1. The minimum absolute atomic E-state index is 0.0434. The average molecular weight is 223 g/mol. The molecule has 0 aliphatic rings. The molecule has 0 aliphatic carbocycles. The summed E-state index contributed by atoms with van der Waals surface area (Å²) in [6.07, 6.45) is 1.59. The van der Waals surface area contributed by atoms with Crippen LogP contribution >= 0.6 is 0 Å². The maximum Gasteiger partial charge on any atom is 0.252 e. The third-order valence-electron chi connectivity index (χ3n) is 2.66. The molecule has 0 bridgehead atoms. The first-order valence-corrected chi connectivity index (χ1v) is 4.99. The van der Waals surface area contributed by atoms with Gasteiger partial charge in [0.1, 0.15) is 5.82 Å². The Bertz CT molecular complexity index is 391. The van der Waals surface area contributed by atoms with E-state index in [1.54, 1.807) is 30.3 Å². The SMILES string of the molecule is CN(c1ncccc1C(N)=O)C(C)(C)CO. The number of aliphatic hydroxyl groups excluding tert-OH is 1. The van der Waals surface area contributed by atoms with E-state index in [-0.39, 0.29) is 6.61 Å². The third kappa shape index (κ3) is 2.30. The maximum absolute atomic E-state index is 11.2. The molecule has 1 rings (SSSR count). The fourth-order valence-corrected chi connectivity index (χ4v) is 1.25. The van der Waals surface area contributed by atoms with Crippen LogP contribution in [0.15, 0.2) is 18.3 Å². The summed E-state index contributed by atoms with van der Waals surface area (Å²) >= 11 is 0. The number of anilines is 1. The maximum atomic E-state index is 11.2. The van der Waals surface area contributed by atoms with Gasteiger partial charge in [0.15, 0.2) is 0 Å². The fourth-order valence-electron chi connectivity index (χ4n) is 1.25. The second kappa shape index (κ2) is 4.49. The normalized spacial score (nSPS) is 11.2. The largest absolute Gasteiger partial charge is 0.394 e. The molecular weight excluding hydrogens is 206 g/mol. The zero-order chi connectivity index (χ0) is 12.3. The van der Waals surface area contributed by atoms with E-state index < -0.39 is 11.4 Å². The summed E-state index contributed by atoms with van der Waals surface area (Å²) in [7, 11) is 1.77. The highest BCUT2D eigenvalue weighted by molar-refractivity contribution is 5.97. The lowest BCUT2D eigenvalue weighted by atomic mass is 10.0. The number of likely N-dealkylation sites (N-methyl/N-ethyl adjacent to an activating group) is 1. The van der Waals surface area contributed by atoms with Crippen molar-refractivity contribution in [3.63, 3.8) is 0 Å². The molecule has 1 amide bonds. The van der Waals surface area contributed by atoms with Gasteiger partial charge in [-0.2, -0.15) is 0 Å². The Kier molecular flexibility index (Phi) is 3.49. The number of hydrogen-bond donors (Lipinski definition) is 2. The summed E-state index contributed by atoms with van der Waals surface area (Å²) in [6.45, 7) is 3.66. The Balaban J connectivity index is 3.18. The Labute approximate surface area is 94.9 Å². The van der Waals surface area contributed by atoms with Crippen LogP contribution in [0, 0.1) is 0 Å². The summed E-state index contributed by atoms with van der Waals surface area (Å²) in [5, 5.41) is 9.27. The van der Waals surface area contributed by atoms with E-state index in [0.29, 0.717) is 11.4 Å². The number of carbonyl (C=O) groups excluding carboxylic acids is 1. The number of carbonyl (C=O) groups is 1. The van der Waals surface area contributed by atoms with Crippen molar-refractivity contribution in [1.82, 2.24) is 4.98 Å². The van der Waals surface area contributed by atoms with E-state index in [0.717, 1.165) is 0 Å². The molecule has 1 aromatic heterocycles. The van der Waals surface area contributed by atoms with Crippen molar-refractivity contribution in [2.45, 2.75) is 19.4 Å². The number of rotatable bonds is 4. The molecular formula is C11H17N3O2. The zero-order valence-electron chi connectivity index (χ0n) is 9.77. The number of aliphatic hydroxyl groups is 1. The molecule has 0 saturated carbocycles. The van der Waals surface area contributed by atoms with Crippen LogP contribution in [0.25, 0.3) is 0 Å². The third-order valence-corrected chi connectivity index (χ3v) is 2.66. The Hall–Kier alpha value is -1.62. The average Bonchev–Trinajstić information content (AvgIpc) is 2.28. The molecule has 1 aromatic rings. The van der Waals surface area contributed by atoms with Crippen molar-refractivity contribution < 1.29 is 9.90 Å². The molecule has 0 spiro atoms. The highest BCUT2D eigenvalue weighted by Gasteiger charge is 2.26. The topological polar surface area (TPSA) is 79.5 Å². The van der Waals surface area contributed by atoms with Crippen LogP contribution in [0.5, 0.6) is 0 Å². The van der Waals surface area contributed by atoms with E-state index in [2.05, 4.69) is 4.98 Å². The van der Waals surface area contributed by atoms with E-state index in [9.17, 15) is 9.90 Å². The predicted octanol–water partition coefficient (Wildman–Crippen LogP) is 0.388. The predicted molar refractivity (Wildman–Crippen MR) is 62.3 cm³/mol. The number of nitrogens with two attached hydrogens (primary N) is 1. The number of primary amides is 1. The molecule has 88 valence electrons. The standard InChI is InChI=1S/C11H17N3O2/c1-11(2,7-15)14(3)10-8(9(12)16)5-4-6-13-10/h4-6,15H,7H2,1-3H3,(H2,12,16). The van der Waals surface area contributed by atoms with Crippen LogP contribution in [0.1, 0.15) is 24.2 Å². The molecule has 16 heavy (non-hydrogen) atoms. The Morgan fingerprint density at radius 2 is 2.25 bits per heavy atom. The molecule has 0 aliphatic heterocycles. The van der Waals surface area contributed by atoms with Crippen LogP contribution in [-0.2, 0) is 0 Å². The first-order chi connectivity index (χ1) is 7.40. The minimum Gasteiger partial charge on any atom is -0.394 e. The molecule has 0 fully saturated rings. The second-order valence-corrected chi connectivity index (χ2v) is 4.27. The molecule has 0 saturated heterocycles. The summed E-state index contributed by atoms with van der Waals surface area (Å²) in [5.74, 6) is -0.0438. The molecule has 1 heterocycles. The van der Waals surface area contributed by atoms with Gasteiger partial charge >= 0.3 is 0 Å². The van der Waals surface area contributed by atoms with Crippen molar-refractivity contribution in [3.8, 4) is 0 Å². The zero-order valence-corrected chi connectivity index (χ0v) is 9.77. The minimum atomic E-state index is -0.524. The highest BCUT2D eigenvalue weighted by atomic mass is 16.3. The summed E-state index contributed by atoms with van der Waals surface area (Å²) in [4.78, 5) is 17.1. The molecule has 3 N–H and O–H groups in total. The van der Waals surface area contributed by atoms with Gasteiger partial charge in [0.05, 0.1) is 17.7 Å². The summed E-state index contributed by atoms with van der Waals surface area (Å²) in [6, 6.07) is 3.28. The van der Waals surface area contributed by atoms with E-state index in [4.69, 9.17) is 5.73 Å². The van der Waals surface area contributed by atoms with E-state index in [1.807, 2.05) is 13.8 Å². The first kappa shape index (κ1) is 12.4. The van der Waals surface area contributed by atoms with E-state index >= 15 is 0 Å². The van der Waals surface area contributed by atoms with Gasteiger partial charge in [-0.05, 0) is 26.0 Å². The summed E-state index contributed by atoms with van der Waals surface area (Å²) in [5.41, 5.74) is 5.12. The number of hydrogen-bond acceptors (Lipinski definition) is 4. The quantitative estimate of drug-likeness (QED) is 0.773. The van der Waals surface area contributed by atoms with Gasteiger partial charge < -0.3 is 15.7 Å². The highest BCUT2D eigenvalue weighted by Crippen LogP contribution is 2.22. The lowest BCUT2D eigenvalue weighted by Gasteiger charge is -2.35. The summed E-state index contributed by atoms with van der Waals surface area (Å²) < 4.78 is 0. The van der Waals surface area contributed by atoms with Crippen molar-refractivity contribution in [2.75, 3.05) is 18.6 Å². The van der Waals surface area contributed by atoms with Gasteiger partial charge in [0.2, 0.25) is 0 Å². The van der Waals surface area contributed by atoms with Crippen LogP contribution in [-0.4, -0.2) is 35.2 Å². The van der Waals surface area contributed by atoms with Gasteiger partial charge in [-0.3, -0.25) is 4.79 Å². The van der Waals surface area contributed by atoms with Crippen molar-refractivity contribution in [3.05, 3.63) is 23.9 Å². The van der Waals surface area contributed by atoms with Crippen molar-refractivity contribution in [2.24, 2.45) is 5.73 Å². The number of pyridine rings is 1. The van der Waals surface area contributed by atoms with E-state index in [1.165, 1.54) is 0 Å². The van der Waals surface area contributed by atoms with Crippen LogP contribution < -0.4 is 10.6 Å². The van der Waals surface area contributed by atoms with Gasteiger partial charge in [0.25, 0.3) is 5.91 Å². The fraction of sp³-hybridized carbons (Fsp3) is 0.455. The van der Waals surface area contributed by atoms with Crippen molar-refractivity contribution >= 4 is 11.7 Å². The number of nitrogens with zero attached hydrogens (tertiary/aromatic N) is 2. The monoisotopic (exact) mass is 223 g/mol. The molecule has 0 unspecified atom stereocenters. The Morgan fingerprint density at radius 1 is 1.62 bits per heavy atom. The smallest absolute Gasteiger partial charge is 0.252 e. The van der Waals surface area contributed by atoms with Crippen LogP contribution in [0.4, 0.5) is 5.82 Å². The van der Waals surface area contributed by atoms with Gasteiger partial charge in [0, 0.05) is 13.2 Å². The van der Waals surface area contributed by atoms with Crippen LogP contribution in [0.2, 0.25) is 0 Å². The van der Waals surface area contributed by atoms with Gasteiger partial charge in [-0.1, -0.05) is 0 Å².